The van der Waals surface area contributed by atoms with E-state index in [1.54, 1.807) is 11.3 Å². The zero-order valence-electron chi connectivity index (χ0n) is 18.8. The lowest BCUT2D eigenvalue weighted by atomic mass is 10.0. The van der Waals surface area contributed by atoms with Crippen LogP contribution in [0.4, 0.5) is 5.69 Å². The van der Waals surface area contributed by atoms with Crippen molar-refractivity contribution < 1.29 is 14.7 Å². The van der Waals surface area contributed by atoms with Crippen LogP contribution < -0.4 is 5.32 Å². The van der Waals surface area contributed by atoms with Crippen LogP contribution in [-0.2, 0) is 11.2 Å². The summed E-state index contributed by atoms with van der Waals surface area (Å²) >= 11 is 2.94. The van der Waals surface area contributed by atoms with E-state index in [4.69, 9.17) is 0 Å². The average Bonchev–Trinajstić information content (AvgIpc) is 3.54. The lowest BCUT2D eigenvalue weighted by Gasteiger charge is -2.24. The van der Waals surface area contributed by atoms with E-state index in [9.17, 15) is 14.7 Å². The summed E-state index contributed by atoms with van der Waals surface area (Å²) in [6.45, 7) is 3.10. The number of thiazole rings is 1. The number of carbonyl (C=O) groups is 2. The van der Waals surface area contributed by atoms with E-state index in [0.717, 1.165) is 57.0 Å². The van der Waals surface area contributed by atoms with Crippen molar-refractivity contribution >= 4 is 50.3 Å². The molecule has 2 aromatic carbocycles. The highest BCUT2D eigenvalue weighted by Crippen LogP contribution is 2.34. The SMILES string of the molecule is Cc1nc(-c2cccc(NC(=O)CN3CCC[C@@H]3Cc3c(C(=O)O)sc4ccccc34)c2)cs1. The number of aromatic carboxylic acids is 1. The minimum Gasteiger partial charge on any atom is -0.477 e. The lowest BCUT2D eigenvalue weighted by Crippen LogP contribution is -2.38. The van der Waals surface area contributed by atoms with Crippen LogP contribution in [0.2, 0.25) is 0 Å². The van der Waals surface area contributed by atoms with E-state index in [-0.39, 0.29) is 18.5 Å². The lowest BCUT2D eigenvalue weighted by molar-refractivity contribution is -0.117. The molecule has 1 fully saturated rings. The number of aryl methyl sites for hydroxylation is 1. The number of carboxylic acid groups (broad SMARTS) is 1. The minimum absolute atomic E-state index is 0.0628. The number of rotatable bonds is 7. The first kappa shape index (κ1) is 22.7. The van der Waals surface area contributed by atoms with Crippen LogP contribution >= 0.6 is 22.7 Å². The maximum Gasteiger partial charge on any atom is 0.346 e. The van der Waals surface area contributed by atoms with Crippen molar-refractivity contribution in [3.8, 4) is 11.3 Å². The van der Waals surface area contributed by atoms with Crippen LogP contribution in [0.15, 0.2) is 53.9 Å². The second kappa shape index (κ2) is 9.66. The first-order valence-corrected chi connectivity index (χ1v) is 13.0. The minimum atomic E-state index is -0.881. The van der Waals surface area contributed by atoms with Gasteiger partial charge in [0.15, 0.2) is 0 Å². The van der Waals surface area contributed by atoms with E-state index < -0.39 is 5.97 Å². The Labute approximate surface area is 205 Å². The van der Waals surface area contributed by atoms with Gasteiger partial charge in [-0.25, -0.2) is 9.78 Å². The summed E-state index contributed by atoms with van der Waals surface area (Å²) in [7, 11) is 0. The number of hydrogen-bond donors (Lipinski definition) is 2. The third-order valence-corrected chi connectivity index (χ3v) is 8.21. The Balaban J connectivity index is 1.28. The quantitative estimate of drug-likeness (QED) is 0.348. The number of thiophene rings is 1. The van der Waals surface area contributed by atoms with Gasteiger partial charge in [-0.05, 0) is 61.9 Å². The molecular formula is C26H25N3O3S2. The number of fused-ring (bicyclic) bond motifs is 1. The molecule has 34 heavy (non-hydrogen) atoms. The number of nitrogens with one attached hydrogen (secondary N) is 1. The van der Waals surface area contributed by atoms with Gasteiger partial charge in [0.1, 0.15) is 4.88 Å². The van der Waals surface area contributed by atoms with Crippen LogP contribution in [0.25, 0.3) is 21.3 Å². The monoisotopic (exact) mass is 491 g/mol. The number of anilines is 1. The van der Waals surface area contributed by atoms with E-state index in [1.807, 2.05) is 60.8 Å². The molecule has 2 N–H and O–H groups in total. The Morgan fingerprint density at radius 1 is 1.21 bits per heavy atom. The zero-order valence-corrected chi connectivity index (χ0v) is 20.4. The second-order valence-electron chi connectivity index (χ2n) is 8.56. The molecule has 1 amide bonds. The predicted octanol–water partition coefficient (Wildman–Crippen LogP) is 5.68. The maximum absolute atomic E-state index is 12.9. The zero-order chi connectivity index (χ0) is 23.7. The summed E-state index contributed by atoms with van der Waals surface area (Å²) in [6.07, 6.45) is 2.59. The molecule has 2 aromatic heterocycles. The highest BCUT2D eigenvalue weighted by Gasteiger charge is 2.29. The summed E-state index contributed by atoms with van der Waals surface area (Å²) in [4.78, 5) is 31.9. The van der Waals surface area contributed by atoms with Crippen LogP contribution in [0.5, 0.6) is 0 Å². The third-order valence-electron chi connectivity index (χ3n) is 6.24. The number of hydrogen-bond acceptors (Lipinski definition) is 6. The Kier molecular flexibility index (Phi) is 6.45. The fourth-order valence-corrected chi connectivity index (χ4v) is 6.38. The topological polar surface area (TPSA) is 82.5 Å². The van der Waals surface area contributed by atoms with Crippen molar-refractivity contribution in [1.82, 2.24) is 9.88 Å². The molecule has 174 valence electrons. The van der Waals surface area contributed by atoms with E-state index in [2.05, 4.69) is 15.2 Å². The number of aromatic nitrogens is 1. The second-order valence-corrected chi connectivity index (χ2v) is 10.7. The first-order chi connectivity index (χ1) is 16.5. The van der Waals surface area contributed by atoms with Crippen LogP contribution in [0, 0.1) is 6.92 Å². The molecule has 0 spiro atoms. The first-order valence-electron chi connectivity index (χ1n) is 11.3. The largest absolute Gasteiger partial charge is 0.477 e. The molecule has 0 saturated carbocycles. The molecule has 8 heteroatoms. The molecular weight excluding hydrogens is 466 g/mol. The number of carbonyl (C=O) groups excluding carboxylic acids is 1. The van der Waals surface area contributed by atoms with Gasteiger partial charge in [-0.15, -0.1) is 22.7 Å². The van der Waals surface area contributed by atoms with Crippen LogP contribution in [0.3, 0.4) is 0 Å². The Morgan fingerprint density at radius 3 is 2.85 bits per heavy atom. The summed E-state index contributed by atoms with van der Waals surface area (Å²) in [6, 6.07) is 15.7. The van der Waals surface area contributed by atoms with Crippen molar-refractivity contribution in [2.45, 2.75) is 32.2 Å². The van der Waals surface area contributed by atoms with Crippen LogP contribution in [0.1, 0.15) is 33.1 Å². The van der Waals surface area contributed by atoms with Gasteiger partial charge in [0.2, 0.25) is 5.91 Å². The van der Waals surface area contributed by atoms with Crippen molar-refractivity contribution in [3.05, 3.63) is 69.4 Å². The normalized spacial score (nSPS) is 16.2. The highest BCUT2D eigenvalue weighted by atomic mass is 32.1. The fraction of sp³-hybridized carbons (Fsp3) is 0.269. The van der Waals surface area contributed by atoms with Gasteiger partial charge < -0.3 is 10.4 Å². The van der Waals surface area contributed by atoms with E-state index in [1.165, 1.54) is 11.3 Å². The standard InChI is InChI=1S/C26H25N3O3S2/c1-16-27-22(15-33-16)17-6-4-7-18(12-17)28-24(30)14-29-11-5-8-19(29)13-21-20-9-2-3-10-23(20)34-25(21)26(31)32/h2-4,6-7,9-10,12,15,19H,5,8,11,13-14H2,1H3,(H,28,30)(H,31,32)/t19-/m1/s1. The molecule has 6 nitrogen and oxygen atoms in total. The Hall–Kier alpha value is -3.07. The molecule has 3 heterocycles. The molecule has 1 atom stereocenters. The number of likely N-dealkylation sites (tertiary alicyclic amines) is 1. The highest BCUT2D eigenvalue weighted by molar-refractivity contribution is 7.21. The summed E-state index contributed by atoms with van der Waals surface area (Å²) in [5, 5.41) is 16.8. The van der Waals surface area contributed by atoms with E-state index >= 15 is 0 Å². The Bertz CT molecular complexity index is 1360. The predicted molar refractivity (Wildman–Crippen MR) is 138 cm³/mol. The Morgan fingerprint density at radius 2 is 2.06 bits per heavy atom. The molecule has 0 aliphatic carbocycles. The molecule has 0 bridgehead atoms. The van der Waals surface area contributed by atoms with Crippen molar-refractivity contribution in [1.29, 1.82) is 0 Å². The number of benzene rings is 2. The summed E-state index contributed by atoms with van der Waals surface area (Å²) in [5.41, 5.74) is 3.53. The number of amides is 1. The van der Waals surface area contributed by atoms with Gasteiger partial charge >= 0.3 is 5.97 Å². The van der Waals surface area contributed by atoms with Gasteiger partial charge in [-0.3, -0.25) is 9.69 Å². The van der Waals surface area contributed by atoms with E-state index in [0.29, 0.717) is 11.3 Å². The van der Waals surface area contributed by atoms with Crippen molar-refractivity contribution in [2.24, 2.45) is 0 Å². The molecule has 0 radical (unpaired) electrons. The number of carboxylic acids is 1. The molecule has 5 rings (SSSR count). The molecule has 0 unspecified atom stereocenters. The smallest absolute Gasteiger partial charge is 0.346 e. The number of nitrogens with zero attached hydrogens (tertiary/aromatic N) is 2. The van der Waals surface area contributed by atoms with Gasteiger partial charge in [-0.1, -0.05) is 30.3 Å². The molecule has 1 saturated heterocycles. The third kappa shape index (κ3) is 4.75. The molecule has 1 aliphatic rings. The molecule has 4 aromatic rings. The van der Waals surface area contributed by atoms with Gasteiger partial charge in [0, 0.05) is 27.4 Å². The van der Waals surface area contributed by atoms with Crippen LogP contribution in [-0.4, -0.2) is 46.0 Å². The molecule has 1 aliphatic heterocycles. The average molecular weight is 492 g/mol. The summed E-state index contributed by atoms with van der Waals surface area (Å²) < 4.78 is 0.993. The van der Waals surface area contributed by atoms with Crippen molar-refractivity contribution in [3.63, 3.8) is 0 Å². The fourth-order valence-electron chi connectivity index (χ4n) is 4.68. The maximum atomic E-state index is 12.9. The van der Waals surface area contributed by atoms with Crippen molar-refractivity contribution in [2.75, 3.05) is 18.4 Å². The summed E-state index contributed by atoms with van der Waals surface area (Å²) in [5.74, 6) is -0.944. The van der Waals surface area contributed by atoms with Gasteiger partial charge in [0.25, 0.3) is 0 Å². The van der Waals surface area contributed by atoms with Gasteiger partial charge in [-0.2, -0.15) is 0 Å². The van der Waals surface area contributed by atoms with Gasteiger partial charge in [0.05, 0.1) is 17.2 Å².